The van der Waals surface area contributed by atoms with Crippen LogP contribution in [0.2, 0.25) is 0 Å². The zero-order valence-corrected chi connectivity index (χ0v) is 24.4. The van der Waals surface area contributed by atoms with Gasteiger partial charge in [0.1, 0.15) is 18.7 Å². The number of amides is 1. The van der Waals surface area contributed by atoms with E-state index in [1.54, 1.807) is 37.2 Å². The smallest absolute Gasteiger partial charge is 0.248 e. The third kappa shape index (κ3) is 7.30. The number of aliphatic hydroxyl groups excluding tert-OH is 1. The van der Waals surface area contributed by atoms with E-state index in [9.17, 15) is 14.3 Å². The van der Waals surface area contributed by atoms with Gasteiger partial charge < -0.3 is 25.2 Å². The largest absolute Gasteiger partial charge is 0.377 e. The molecule has 3 aromatic rings. The van der Waals surface area contributed by atoms with Crippen molar-refractivity contribution in [1.82, 2.24) is 15.1 Å². The predicted octanol–water partition coefficient (Wildman–Crippen LogP) is 2.91. The molecule has 1 aliphatic heterocycles. The van der Waals surface area contributed by atoms with Crippen molar-refractivity contribution in [3.05, 3.63) is 83.7 Å². The number of aliphatic hydroxyl groups is 1. The van der Waals surface area contributed by atoms with Gasteiger partial charge in [-0.3, -0.25) is 15.0 Å². The number of carbonyl (C=O) groups excluding carboxylic acids is 1. The fourth-order valence-corrected chi connectivity index (χ4v) is 5.41. The van der Waals surface area contributed by atoms with Crippen molar-refractivity contribution in [2.75, 3.05) is 41.0 Å². The zero-order chi connectivity index (χ0) is 29.6. The van der Waals surface area contributed by atoms with Crippen LogP contribution in [0.1, 0.15) is 24.5 Å². The summed E-state index contributed by atoms with van der Waals surface area (Å²) in [6.45, 7) is 2.52. The monoisotopic (exact) mass is 566 g/mol. The molecule has 0 spiro atoms. The summed E-state index contributed by atoms with van der Waals surface area (Å²) < 4.78 is 26.5. The summed E-state index contributed by atoms with van der Waals surface area (Å²) in [7, 11) is 5.28. The number of nitrogens with two attached hydrogens (primary N) is 1. The summed E-state index contributed by atoms with van der Waals surface area (Å²) in [5, 5.41) is 16.2. The van der Waals surface area contributed by atoms with Crippen LogP contribution in [0.5, 0.6) is 0 Å². The quantitative estimate of drug-likeness (QED) is 0.192. The first-order chi connectivity index (χ1) is 19.7. The Bertz CT molecular complexity index is 1300. The highest BCUT2D eigenvalue weighted by Crippen LogP contribution is 2.40. The number of rotatable bonds is 15. The molecule has 1 fully saturated rings. The van der Waals surface area contributed by atoms with Crippen LogP contribution in [0.15, 0.2) is 66.7 Å². The van der Waals surface area contributed by atoms with E-state index in [0.717, 1.165) is 22.8 Å². The predicted molar refractivity (Wildman–Crippen MR) is 159 cm³/mol. The lowest BCUT2D eigenvalue weighted by atomic mass is 9.93. The van der Waals surface area contributed by atoms with Crippen LogP contribution in [0, 0.1) is 5.82 Å². The molecule has 0 aromatic heterocycles. The Kier molecular flexibility index (Phi) is 10.5. The number of nitrogens with zero attached hydrogens (tertiary/aromatic N) is 2. The van der Waals surface area contributed by atoms with Crippen molar-refractivity contribution in [1.29, 1.82) is 0 Å². The minimum atomic E-state index is -0.970. The van der Waals surface area contributed by atoms with Gasteiger partial charge >= 0.3 is 0 Å². The van der Waals surface area contributed by atoms with Crippen LogP contribution in [0.4, 0.5) is 4.39 Å². The fourth-order valence-electron chi connectivity index (χ4n) is 5.41. The first-order valence-electron chi connectivity index (χ1n) is 14.2. The number of likely N-dealkylation sites (N-methyl/N-ethyl adjacent to an activating group) is 3. The van der Waals surface area contributed by atoms with Crippen LogP contribution < -0.4 is 11.1 Å². The first kappa shape index (κ1) is 31.0. The molecule has 9 heteroatoms. The van der Waals surface area contributed by atoms with E-state index in [1.807, 2.05) is 31.0 Å². The molecule has 0 saturated carbocycles. The van der Waals surface area contributed by atoms with Gasteiger partial charge in [0.05, 0.1) is 25.3 Å². The molecule has 1 saturated heterocycles. The van der Waals surface area contributed by atoms with E-state index in [4.69, 9.17) is 15.2 Å². The Balaban J connectivity index is 1.64. The highest BCUT2D eigenvalue weighted by Gasteiger charge is 2.59. The van der Waals surface area contributed by atoms with Crippen LogP contribution in [-0.4, -0.2) is 91.9 Å². The molecule has 1 heterocycles. The van der Waals surface area contributed by atoms with E-state index in [0.29, 0.717) is 25.2 Å². The average Bonchev–Trinajstić information content (AvgIpc) is 3.80. The molecule has 4 rings (SSSR count). The maximum Gasteiger partial charge on any atom is 0.248 e. The third-order valence-electron chi connectivity index (χ3n) is 8.29. The number of ether oxygens (including phenoxy) is 2. The molecule has 1 aliphatic rings. The molecule has 3 aromatic carbocycles. The highest BCUT2D eigenvalue weighted by atomic mass is 19.1. The van der Waals surface area contributed by atoms with Crippen molar-refractivity contribution >= 4 is 16.7 Å². The summed E-state index contributed by atoms with van der Waals surface area (Å²) in [6.07, 6.45) is 0.540. The Morgan fingerprint density at radius 1 is 1.12 bits per heavy atom. The number of nitrogens with one attached hydrogen (secondary N) is 1. The summed E-state index contributed by atoms with van der Waals surface area (Å²) in [6, 6.07) is 19.9. The minimum Gasteiger partial charge on any atom is -0.377 e. The van der Waals surface area contributed by atoms with Gasteiger partial charge in [-0.2, -0.15) is 0 Å². The van der Waals surface area contributed by atoms with Crippen molar-refractivity contribution in [2.24, 2.45) is 5.73 Å². The molecule has 4 N–H and O–H groups in total. The Morgan fingerprint density at radius 3 is 2.46 bits per heavy atom. The Labute approximate surface area is 242 Å². The standard InChI is InChI=1S/C32H43FN4O4/c1-5-26(34)19-40-20-30(38)36(3)29(17-22-14-15-23-10-6-7-11-24(23)16-22)32(21-41-32)37(4)28(31(39)35-2)18-25-12-8-9-13-27(25)33/h6-16,26,28-29,31,35,39H,5,17-21,34H2,1-4H3/t26?,28-,29-,31?,32?/m1/s1. The Morgan fingerprint density at radius 2 is 1.80 bits per heavy atom. The van der Waals surface area contributed by atoms with E-state index < -0.39 is 24.0 Å². The second-order valence-corrected chi connectivity index (χ2v) is 10.9. The van der Waals surface area contributed by atoms with Gasteiger partial charge in [-0.05, 0) is 61.3 Å². The highest BCUT2D eigenvalue weighted by molar-refractivity contribution is 5.83. The van der Waals surface area contributed by atoms with E-state index in [1.165, 1.54) is 6.07 Å². The molecule has 0 bridgehead atoms. The van der Waals surface area contributed by atoms with Gasteiger partial charge in [0.2, 0.25) is 5.91 Å². The molecule has 0 aliphatic carbocycles. The summed E-state index contributed by atoms with van der Waals surface area (Å²) >= 11 is 0. The van der Waals surface area contributed by atoms with Gasteiger partial charge in [0.25, 0.3) is 0 Å². The van der Waals surface area contributed by atoms with Gasteiger partial charge in [-0.25, -0.2) is 4.39 Å². The first-order valence-corrected chi connectivity index (χ1v) is 14.2. The van der Waals surface area contributed by atoms with E-state index >= 15 is 0 Å². The number of carbonyl (C=O) groups is 1. The molecule has 222 valence electrons. The topological polar surface area (TPSA) is 104 Å². The van der Waals surface area contributed by atoms with Crippen molar-refractivity contribution in [3.8, 4) is 0 Å². The number of halogens is 1. The maximum atomic E-state index is 14.7. The lowest BCUT2D eigenvalue weighted by Crippen LogP contribution is -2.62. The number of benzene rings is 3. The van der Waals surface area contributed by atoms with Crippen LogP contribution in [-0.2, 0) is 27.1 Å². The summed E-state index contributed by atoms with van der Waals surface area (Å²) in [5.74, 6) is -0.524. The molecule has 0 radical (unpaired) electrons. The van der Waals surface area contributed by atoms with Crippen LogP contribution >= 0.6 is 0 Å². The molecule has 3 unspecified atom stereocenters. The molecule has 5 atom stereocenters. The van der Waals surface area contributed by atoms with E-state index in [2.05, 4.69) is 35.6 Å². The lowest BCUT2D eigenvalue weighted by Gasteiger charge is -2.42. The normalized spacial score (nSPS) is 19.6. The summed E-state index contributed by atoms with van der Waals surface area (Å²) in [5.41, 5.74) is 6.62. The molecule has 8 nitrogen and oxygen atoms in total. The maximum absolute atomic E-state index is 14.7. The third-order valence-corrected chi connectivity index (χ3v) is 8.29. The number of epoxide rings is 1. The number of hydrogen-bond acceptors (Lipinski definition) is 7. The van der Waals surface area contributed by atoms with Gasteiger partial charge in [0.15, 0.2) is 5.72 Å². The number of hydrogen-bond donors (Lipinski definition) is 3. The van der Waals surface area contributed by atoms with Crippen molar-refractivity contribution in [3.63, 3.8) is 0 Å². The van der Waals surface area contributed by atoms with Gasteiger partial charge in [-0.1, -0.05) is 67.6 Å². The average molecular weight is 567 g/mol. The zero-order valence-electron chi connectivity index (χ0n) is 24.4. The van der Waals surface area contributed by atoms with Gasteiger partial charge in [-0.15, -0.1) is 0 Å². The number of fused-ring (bicyclic) bond motifs is 1. The summed E-state index contributed by atoms with van der Waals surface area (Å²) in [4.78, 5) is 17.1. The van der Waals surface area contributed by atoms with E-state index in [-0.39, 0.29) is 30.8 Å². The Hall–Kier alpha value is -2.92. The van der Waals surface area contributed by atoms with Crippen LogP contribution in [0.25, 0.3) is 10.8 Å². The molecular formula is C32H43FN4O4. The lowest BCUT2D eigenvalue weighted by molar-refractivity contribution is -0.142. The molecular weight excluding hydrogens is 523 g/mol. The van der Waals surface area contributed by atoms with Crippen molar-refractivity contribution < 1.29 is 23.8 Å². The molecule has 1 amide bonds. The second kappa shape index (κ2) is 13.8. The SMILES string of the molecule is CCC(N)COCC(=O)N(C)[C@H](Cc1ccc2ccccc2c1)C1(N(C)[C@H](Cc2ccccc2F)C(O)NC)CO1. The van der Waals surface area contributed by atoms with Crippen molar-refractivity contribution in [2.45, 2.75) is 56.3 Å². The van der Waals surface area contributed by atoms with Crippen LogP contribution in [0.3, 0.4) is 0 Å². The second-order valence-electron chi connectivity index (χ2n) is 10.9. The fraction of sp³-hybridized carbons (Fsp3) is 0.469. The molecule has 41 heavy (non-hydrogen) atoms. The minimum absolute atomic E-state index is 0.101. The van der Waals surface area contributed by atoms with Gasteiger partial charge in [0, 0.05) is 13.1 Å².